The van der Waals surface area contributed by atoms with Gasteiger partial charge in [0.05, 0.1) is 6.54 Å². The number of aryl methyl sites for hydroxylation is 1. The Hall–Kier alpha value is -2.89. The first kappa shape index (κ1) is 19.9. The Morgan fingerprint density at radius 1 is 0.964 bits per heavy atom. The topological polar surface area (TPSA) is 61.4 Å². The third-order valence-corrected chi connectivity index (χ3v) is 4.85. The first-order valence-electron chi connectivity index (χ1n) is 9.76. The van der Waals surface area contributed by atoms with Crippen molar-refractivity contribution in [2.45, 2.75) is 32.1 Å². The summed E-state index contributed by atoms with van der Waals surface area (Å²) in [5, 5.41) is 5.38. The number of rotatable bonds is 7. The number of carbonyl (C=O) groups excluding carboxylic acids is 2. The van der Waals surface area contributed by atoms with Gasteiger partial charge >= 0.3 is 0 Å². The number of nitrogens with zero attached hydrogens (tertiary/aromatic N) is 1. The Morgan fingerprint density at radius 2 is 1.71 bits per heavy atom. The highest BCUT2D eigenvalue weighted by Gasteiger charge is 2.11. The molecule has 0 aliphatic carbocycles. The molecule has 1 aliphatic heterocycles. The summed E-state index contributed by atoms with van der Waals surface area (Å²) in [6, 6.07) is 14.0. The minimum absolute atomic E-state index is 0.0874. The van der Waals surface area contributed by atoms with Crippen LogP contribution < -0.4 is 15.5 Å². The van der Waals surface area contributed by atoms with Crippen molar-refractivity contribution in [3.63, 3.8) is 0 Å². The summed E-state index contributed by atoms with van der Waals surface area (Å²) in [5.74, 6) is -0.826. The maximum absolute atomic E-state index is 13.1. The molecule has 1 fully saturated rings. The lowest BCUT2D eigenvalue weighted by atomic mass is 10.1. The van der Waals surface area contributed by atoms with E-state index in [4.69, 9.17) is 0 Å². The van der Waals surface area contributed by atoms with E-state index >= 15 is 0 Å². The molecule has 5 nitrogen and oxygen atoms in total. The number of hydrogen-bond donors (Lipinski definition) is 2. The van der Waals surface area contributed by atoms with E-state index in [0.717, 1.165) is 18.7 Å². The number of anilines is 2. The molecule has 6 heteroatoms. The lowest BCUT2D eigenvalue weighted by Gasteiger charge is -2.28. The average molecular weight is 383 g/mol. The van der Waals surface area contributed by atoms with E-state index < -0.39 is 0 Å². The third-order valence-electron chi connectivity index (χ3n) is 4.85. The first-order chi connectivity index (χ1) is 13.6. The van der Waals surface area contributed by atoms with Gasteiger partial charge < -0.3 is 15.5 Å². The molecule has 2 aromatic carbocycles. The van der Waals surface area contributed by atoms with Gasteiger partial charge in [-0.1, -0.05) is 12.1 Å². The van der Waals surface area contributed by atoms with Crippen LogP contribution in [0.25, 0.3) is 0 Å². The maximum Gasteiger partial charge on any atom is 0.243 e. The molecule has 0 spiro atoms. The van der Waals surface area contributed by atoms with Crippen LogP contribution in [0.3, 0.4) is 0 Å². The molecule has 1 aliphatic rings. The van der Waals surface area contributed by atoms with Crippen LogP contribution in [0.15, 0.2) is 48.5 Å². The third kappa shape index (κ3) is 6.08. The van der Waals surface area contributed by atoms with Crippen molar-refractivity contribution in [3.8, 4) is 0 Å². The van der Waals surface area contributed by atoms with Gasteiger partial charge in [0.15, 0.2) is 0 Å². The molecule has 0 aromatic heterocycles. The Morgan fingerprint density at radius 3 is 2.43 bits per heavy atom. The summed E-state index contributed by atoms with van der Waals surface area (Å²) >= 11 is 0. The molecule has 148 valence electrons. The van der Waals surface area contributed by atoms with Crippen LogP contribution in [0.2, 0.25) is 0 Å². The number of halogens is 1. The van der Waals surface area contributed by atoms with Crippen molar-refractivity contribution in [1.29, 1.82) is 0 Å². The van der Waals surface area contributed by atoms with Crippen molar-refractivity contribution in [2.75, 3.05) is 29.9 Å². The molecule has 3 rings (SSSR count). The quantitative estimate of drug-likeness (QED) is 0.769. The Balaban J connectivity index is 1.39. The Labute approximate surface area is 164 Å². The van der Waals surface area contributed by atoms with Gasteiger partial charge in [-0.25, -0.2) is 4.39 Å². The van der Waals surface area contributed by atoms with Crippen LogP contribution in [0.5, 0.6) is 0 Å². The number of benzene rings is 2. The van der Waals surface area contributed by atoms with E-state index in [9.17, 15) is 14.0 Å². The number of nitrogens with one attached hydrogen (secondary N) is 2. The molecule has 28 heavy (non-hydrogen) atoms. The zero-order valence-electron chi connectivity index (χ0n) is 15.9. The van der Waals surface area contributed by atoms with Gasteiger partial charge in [-0.05, 0) is 67.6 Å². The SMILES string of the molecule is O=C(CCc1cccc(F)c1)NCC(=O)Nc1ccc(N2CCCCC2)cc1. The van der Waals surface area contributed by atoms with Gasteiger partial charge in [0.1, 0.15) is 5.82 Å². The number of piperidine rings is 1. The van der Waals surface area contributed by atoms with Crippen molar-refractivity contribution in [2.24, 2.45) is 0 Å². The molecule has 0 atom stereocenters. The number of carbonyl (C=O) groups is 2. The van der Waals surface area contributed by atoms with Crippen LogP contribution >= 0.6 is 0 Å². The molecule has 0 bridgehead atoms. The summed E-state index contributed by atoms with van der Waals surface area (Å²) < 4.78 is 13.1. The smallest absolute Gasteiger partial charge is 0.243 e. The van der Waals surface area contributed by atoms with Crippen molar-refractivity contribution in [3.05, 3.63) is 59.9 Å². The summed E-state index contributed by atoms with van der Waals surface area (Å²) in [7, 11) is 0. The molecule has 2 aromatic rings. The molecule has 1 heterocycles. The first-order valence-corrected chi connectivity index (χ1v) is 9.76. The van der Waals surface area contributed by atoms with Gasteiger partial charge in [-0.2, -0.15) is 0 Å². The van der Waals surface area contributed by atoms with Crippen LogP contribution in [-0.4, -0.2) is 31.4 Å². The highest BCUT2D eigenvalue weighted by molar-refractivity contribution is 5.94. The van der Waals surface area contributed by atoms with E-state index in [1.54, 1.807) is 12.1 Å². The number of amides is 2. The zero-order chi connectivity index (χ0) is 19.8. The van der Waals surface area contributed by atoms with Crippen LogP contribution in [0.4, 0.5) is 15.8 Å². The standard InChI is InChI=1S/C22H26FN3O2/c23-18-6-4-5-17(15-18)7-12-21(27)24-16-22(28)25-19-8-10-20(11-9-19)26-13-2-1-3-14-26/h4-6,8-11,15H,1-3,7,12-14,16H2,(H,24,27)(H,25,28). The van der Waals surface area contributed by atoms with Gasteiger partial charge in [-0.15, -0.1) is 0 Å². The molecule has 0 unspecified atom stereocenters. The Bertz CT molecular complexity index is 802. The zero-order valence-corrected chi connectivity index (χ0v) is 15.9. The van der Waals surface area contributed by atoms with Gasteiger partial charge in [0.25, 0.3) is 0 Å². The molecular formula is C22H26FN3O2. The minimum atomic E-state index is -0.316. The maximum atomic E-state index is 13.1. The predicted octanol–water partition coefficient (Wildman–Crippen LogP) is 3.50. The van der Waals surface area contributed by atoms with Crippen molar-refractivity contribution >= 4 is 23.2 Å². The van der Waals surface area contributed by atoms with E-state index in [1.165, 1.54) is 37.1 Å². The lowest BCUT2D eigenvalue weighted by molar-refractivity contribution is -0.124. The van der Waals surface area contributed by atoms with E-state index in [-0.39, 0.29) is 30.6 Å². The lowest BCUT2D eigenvalue weighted by Crippen LogP contribution is -2.33. The highest BCUT2D eigenvalue weighted by atomic mass is 19.1. The van der Waals surface area contributed by atoms with Gasteiger partial charge in [-0.3, -0.25) is 9.59 Å². The molecular weight excluding hydrogens is 357 g/mol. The van der Waals surface area contributed by atoms with E-state index in [1.807, 2.05) is 24.3 Å². The van der Waals surface area contributed by atoms with Crippen molar-refractivity contribution < 1.29 is 14.0 Å². The largest absolute Gasteiger partial charge is 0.372 e. The minimum Gasteiger partial charge on any atom is -0.372 e. The van der Waals surface area contributed by atoms with Crippen LogP contribution in [-0.2, 0) is 16.0 Å². The van der Waals surface area contributed by atoms with Crippen LogP contribution in [0, 0.1) is 5.82 Å². The second kappa shape index (κ2) is 9.88. The fourth-order valence-electron chi connectivity index (χ4n) is 3.33. The molecule has 1 saturated heterocycles. The molecule has 0 radical (unpaired) electrons. The summed E-state index contributed by atoms with van der Waals surface area (Å²) in [6.07, 6.45) is 4.37. The monoisotopic (exact) mass is 383 g/mol. The van der Waals surface area contributed by atoms with E-state index in [0.29, 0.717) is 12.1 Å². The van der Waals surface area contributed by atoms with Crippen molar-refractivity contribution in [1.82, 2.24) is 5.32 Å². The average Bonchev–Trinajstić information content (AvgIpc) is 2.72. The van der Waals surface area contributed by atoms with E-state index in [2.05, 4.69) is 15.5 Å². The summed E-state index contributed by atoms with van der Waals surface area (Å²) in [6.45, 7) is 2.07. The molecule has 2 amide bonds. The van der Waals surface area contributed by atoms with Crippen LogP contribution in [0.1, 0.15) is 31.2 Å². The normalized spacial score (nSPS) is 13.8. The van der Waals surface area contributed by atoms with Gasteiger partial charge in [0.2, 0.25) is 11.8 Å². The second-order valence-corrected chi connectivity index (χ2v) is 7.05. The van der Waals surface area contributed by atoms with Gasteiger partial charge in [0, 0.05) is 30.9 Å². The summed E-state index contributed by atoms with van der Waals surface area (Å²) in [5.41, 5.74) is 2.64. The number of hydrogen-bond acceptors (Lipinski definition) is 3. The fourth-order valence-corrected chi connectivity index (χ4v) is 3.33. The Kier molecular flexibility index (Phi) is 7.00. The summed E-state index contributed by atoms with van der Waals surface area (Å²) in [4.78, 5) is 26.3. The second-order valence-electron chi connectivity index (χ2n) is 7.05. The molecule has 2 N–H and O–H groups in total. The molecule has 0 saturated carbocycles. The highest BCUT2D eigenvalue weighted by Crippen LogP contribution is 2.21. The predicted molar refractivity (Wildman–Crippen MR) is 109 cm³/mol. The fraction of sp³-hybridized carbons (Fsp3) is 0.364.